The van der Waals surface area contributed by atoms with Gasteiger partial charge in [0.2, 0.25) is 0 Å². The van der Waals surface area contributed by atoms with Crippen LogP contribution in [0.1, 0.15) is 12.7 Å². The number of benzene rings is 1. The van der Waals surface area contributed by atoms with Gasteiger partial charge in [0.1, 0.15) is 11.5 Å². The Kier molecular flexibility index (Phi) is 3.40. The van der Waals surface area contributed by atoms with Crippen molar-refractivity contribution in [3.8, 4) is 5.75 Å². The van der Waals surface area contributed by atoms with Crippen LogP contribution in [0.25, 0.3) is 0 Å². The number of furan rings is 1. The van der Waals surface area contributed by atoms with Crippen LogP contribution in [-0.4, -0.2) is 12.0 Å². The predicted molar refractivity (Wildman–Crippen MR) is 78.9 cm³/mol. The van der Waals surface area contributed by atoms with Gasteiger partial charge in [-0.05, 0) is 53.2 Å². The van der Waals surface area contributed by atoms with Crippen molar-refractivity contribution in [2.75, 3.05) is 10.6 Å². The second-order valence-electron chi connectivity index (χ2n) is 4.52. The molecule has 0 spiro atoms. The molecule has 6 heteroatoms. The van der Waals surface area contributed by atoms with E-state index in [0.717, 1.165) is 11.4 Å². The molecule has 5 nitrogen and oxygen atoms in total. The number of ether oxygens (including phenoxy) is 1. The van der Waals surface area contributed by atoms with Crippen LogP contribution >= 0.6 is 15.9 Å². The third-order valence-corrected chi connectivity index (χ3v) is 3.43. The van der Waals surface area contributed by atoms with Gasteiger partial charge >= 0.3 is 0 Å². The molecule has 0 saturated heterocycles. The lowest BCUT2D eigenvalue weighted by Gasteiger charge is -2.23. The molecule has 1 aromatic heterocycles. The average molecular weight is 337 g/mol. The molecule has 20 heavy (non-hydrogen) atoms. The topological polar surface area (TPSA) is 63.5 Å². The maximum absolute atomic E-state index is 11.6. The number of fused-ring (bicyclic) bond motifs is 1. The summed E-state index contributed by atoms with van der Waals surface area (Å²) in [5.74, 6) is 1.37. The van der Waals surface area contributed by atoms with Gasteiger partial charge in [-0.1, -0.05) is 0 Å². The molecule has 1 aliphatic rings. The quantitative estimate of drug-likeness (QED) is 0.901. The van der Waals surface area contributed by atoms with Crippen molar-refractivity contribution in [1.29, 1.82) is 0 Å². The Morgan fingerprint density at radius 3 is 2.95 bits per heavy atom. The summed E-state index contributed by atoms with van der Waals surface area (Å²) in [6.07, 6.45) is -0.457. The third kappa shape index (κ3) is 2.65. The second-order valence-corrected chi connectivity index (χ2v) is 5.30. The predicted octanol–water partition coefficient (Wildman–Crippen LogP) is 3.37. The van der Waals surface area contributed by atoms with Crippen LogP contribution < -0.4 is 15.4 Å². The van der Waals surface area contributed by atoms with Gasteiger partial charge in [-0.3, -0.25) is 4.79 Å². The molecule has 0 saturated carbocycles. The van der Waals surface area contributed by atoms with Gasteiger partial charge in [0.15, 0.2) is 10.8 Å². The Hall–Kier alpha value is -1.95. The van der Waals surface area contributed by atoms with E-state index in [2.05, 4.69) is 26.6 Å². The highest BCUT2D eigenvalue weighted by Gasteiger charge is 2.23. The monoisotopic (exact) mass is 336 g/mol. The zero-order valence-corrected chi connectivity index (χ0v) is 12.4. The van der Waals surface area contributed by atoms with Crippen LogP contribution in [0.4, 0.5) is 11.4 Å². The number of carbonyl (C=O) groups excluding carboxylic acids is 1. The van der Waals surface area contributed by atoms with E-state index in [0.29, 0.717) is 22.7 Å². The number of carbonyl (C=O) groups is 1. The van der Waals surface area contributed by atoms with E-state index in [-0.39, 0.29) is 5.91 Å². The fraction of sp³-hybridized carbons (Fsp3) is 0.214. The SMILES string of the molecule is CC1Oc2ccc(NCc3ccc(Br)o3)cc2NC1=O. The van der Waals surface area contributed by atoms with Gasteiger partial charge in [0.05, 0.1) is 12.2 Å². The number of anilines is 2. The molecule has 0 radical (unpaired) electrons. The summed E-state index contributed by atoms with van der Waals surface area (Å²) < 4.78 is 11.6. The first-order chi connectivity index (χ1) is 9.61. The largest absolute Gasteiger partial charge is 0.479 e. The van der Waals surface area contributed by atoms with E-state index < -0.39 is 6.10 Å². The van der Waals surface area contributed by atoms with Crippen LogP contribution in [0, 0.1) is 0 Å². The van der Waals surface area contributed by atoms with E-state index in [1.807, 2.05) is 30.3 Å². The Morgan fingerprint density at radius 2 is 2.20 bits per heavy atom. The van der Waals surface area contributed by atoms with Crippen LogP contribution in [0.2, 0.25) is 0 Å². The van der Waals surface area contributed by atoms with Gasteiger partial charge in [0, 0.05) is 5.69 Å². The lowest BCUT2D eigenvalue weighted by Crippen LogP contribution is -2.34. The highest BCUT2D eigenvalue weighted by Crippen LogP contribution is 2.32. The molecular weight excluding hydrogens is 324 g/mol. The minimum absolute atomic E-state index is 0.135. The number of hydrogen-bond donors (Lipinski definition) is 2. The fourth-order valence-electron chi connectivity index (χ4n) is 1.95. The van der Waals surface area contributed by atoms with Crippen molar-refractivity contribution in [3.63, 3.8) is 0 Å². The molecule has 1 amide bonds. The first-order valence-corrected chi connectivity index (χ1v) is 7.01. The van der Waals surface area contributed by atoms with Crippen molar-refractivity contribution >= 4 is 33.2 Å². The molecule has 104 valence electrons. The molecule has 2 N–H and O–H groups in total. The van der Waals surface area contributed by atoms with E-state index in [4.69, 9.17) is 9.15 Å². The van der Waals surface area contributed by atoms with E-state index in [1.165, 1.54) is 0 Å². The smallest absolute Gasteiger partial charge is 0.265 e. The molecule has 0 fully saturated rings. The summed E-state index contributed by atoms with van der Waals surface area (Å²) in [6, 6.07) is 9.32. The molecular formula is C14H13BrN2O3. The standard InChI is InChI=1S/C14H13BrN2O3/c1-8-14(18)17-11-6-9(2-4-12(11)19-8)16-7-10-3-5-13(15)20-10/h2-6,8,16H,7H2,1H3,(H,17,18). The van der Waals surface area contributed by atoms with Gasteiger partial charge in [-0.2, -0.15) is 0 Å². The van der Waals surface area contributed by atoms with Crippen LogP contribution in [-0.2, 0) is 11.3 Å². The zero-order chi connectivity index (χ0) is 14.1. The van der Waals surface area contributed by atoms with Gasteiger partial charge in [-0.15, -0.1) is 0 Å². The lowest BCUT2D eigenvalue weighted by atomic mass is 10.2. The number of halogens is 1. The number of amides is 1. The van der Waals surface area contributed by atoms with Crippen LogP contribution in [0.15, 0.2) is 39.4 Å². The highest BCUT2D eigenvalue weighted by atomic mass is 79.9. The molecule has 3 rings (SSSR count). The second kappa shape index (κ2) is 5.20. The fourth-order valence-corrected chi connectivity index (χ4v) is 2.29. The van der Waals surface area contributed by atoms with E-state index >= 15 is 0 Å². The molecule has 1 unspecified atom stereocenters. The molecule has 2 heterocycles. The molecule has 2 aromatic rings. The molecule has 0 aliphatic carbocycles. The Balaban J connectivity index is 1.72. The Morgan fingerprint density at radius 1 is 1.35 bits per heavy atom. The summed E-state index contributed by atoms with van der Waals surface area (Å²) in [5.41, 5.74) is 1.56. The van der Waals surface area contributed by atoms with Crippen molar-refractivity contribution < 1.29 is 13.9 Å². The average Bonchev–Trinajstić information content (AvgIpc) is 2.84. The summed E-state index contributed by atoms with van der Waals surface area (Å²) in [5, 5.41) is 6.05. The third-order valence-electron chi connectivity index (χ3n) is 3.01. The van der Waals surface area contributed by atoms with Crippen molar-refractivity contribution in [3.05, 3.63) is 40.8 Å². The molecule has 0 bridgehead atoms. The lowest BCUT2D eigenvalue weighted by molar-refractivity contribution is -0.122. The molecule has 1 aliphatic heterocycles. The normalized spacial score (nSPS) is 17.1. The summed E-state index contributed by atoms with van der Waals surface area (Å²) in [4.78, 5) is 11.6. The number of nitrogens with one attached hydrogen (secondary N) is 2. The van der Waals surface area contributed by atoms with Crippen LogP contribution in [0.3, 0.4) is 0 Å². The van der Waals surface area contributed by atoms with Crippen LogP contribution in [0.5, 0.6) is 5.75 Å². The zero-order valence-electron chi connectivity index (χ0n) is 10.8. The van der Waals surface area contributed by atoms with Crippen molar-refractivity contribution in [2.24, 2.45) is 0 Å². The van der Waals surface area contributed by atoms with Gasteiger partial charge in [0.25, 0.3) is 5.91 Å². The van der Waals surface area contributed by atoms with Gasteiger partial charge < -0.3 is 19.8 Å². The maximum atomic E-state index is 11.6. The summed E-state index contributed by atoms with van der Waals surface area (Å²) >= 11 is 3.26. The maximum Gasteiger partial charge on any atom is 0.265 e. The van der Waals surface area contributed by atoms with Gasteiger partial charge in [-0.25, -0.2) is 0 Å². The summed E-state index contributed by atoms with van der Waals surface area (Å²) in [6.45, 7) is 2.29. The Bertz CT molecular complexity index is 654. The Labute approximate surface area is 124 Å². The number of rotatable bonds is 3. The molecule has 1 atom stereocenters. The molecule has 1 aromatic carbocycles. The van der Waals surface area contributed by atoms with Crippen molar-refractivity contribution in [2.45, 2.75) is 19.6 Å². The minimum atomic E-state index is -0.457. The highest BCUT2D eigenvalue weighted by molar-refractivity contribution is 9.10. The first-order valence-electron chi connectivity index (χ1n) is 6.21. The van der Waals surface area contributed by atoms with E-state index in [1.54, 1.807) is 6.92 Å². The number of hydrogen-bond acceptors (Lipinski definition) is 4. The summed E-state index contributed by atoms with van der Waals surface area (Å²) in [7, 11) is 0. The minimum Gasteiger partial charge on any atom is -0.479 e. The van der Waals surface area contributed by atoms with Crippen molar-refractivity contribution in [1.82, 2.24) is 0 Å². The van der Waals surface area contributed by atoms with E-state index in [9.17, 15) is 4.79 Å². The first kappa shape index (κ1) is 13.1.